The fourth-order valence-electron chi connectivity index (χ4n) is 1.03. The minimum atomic E-state index is 0.806. The van der Waals surface area contributed by atoms with E-state index in [1.165, 1.54) is 12.4 Å². The standard InChI is InChI=1S/C9H10N2/c1-7-3-2-4-8(5-10)9(7)6-11/h2-6,10-11H,1H3. The normalized spacial score (nSPS) is 9.18. The summed E-state index contributed by atoms with van der Waals surface area (Å²) in [5.74, 6) is 0. The molecule has 0 saturated heterocycles. The van der Waals surface area contributed by atoms with Gasteiger partial charge in [0.1, 0.15) is 0 Å². The highest BCUT2D eigenvalue weighted by atomic mass is 14.4. The summed E-state index contributed by atoms with van der Waals surface area (Å²) in [5, 5.41) is 14.2. The van der Waals surface area contributed by atoms with Crippen LogP contribution in [0.4, 0.5) is 0 Å². The largest absolute Gasteiger partial charge is 0.308 e. The Morgan fingerprint density at radius 2 is 1.91 bits per heavy atom. The van der Waals surface area contributed by atoms with Gasteiger partial charge in [0, 0.05) is 23.6 Å². The lowest BCUT2D eigenvalue weighted by Crippen LogP contribution is -1.93. The highest BCUT2D eigenvalue weighted by molar-refractivity contribution is 5.93. The van der Waals surface area contributed by atoms with E-state index in [4.69, 9.17) is 10.8 Å². The SMILES string of the molecule is Cc1cccc(C=N)c1C=N. The summed E-state index contributed by atoms with van der Waals surface area (Å²) in [6.07, 6.45) is 2.56. The van der Waals surface area contributed by atoms with Gasteiger partial charge >= 0.3 is 0 Å². The van der Waals surface area contributed by atoms with E-state index < -0.39 is 0 Å². The van der Waals surface area contributed by atoms with Crippen molar-refractivity contribution in [2.75, 3.05) is 0 Å². The van der Waals surface area contributed by atoms with Crippen molar-refractivity contribution in [1.29, 1.82) is 10.8 Å². The topological polar surface area (TPSA) is 47.7 Å². The zero-order valence-corrected chi connectivity index (χ0v) is 6.39. The Hall–Kier alpha value is -1.44. The van der Waals surface area contributed by atoms with Crippen LogP contribution in [-0.4, -0.2) is 12.4 Å². The second-order valence-corrected chi connectivity index (χ2v) is 2.37. The first-order valence-electron chi connectivity index (χ1n) is 3.40. The molecule has 0 aromatic heterocycles. The first-order valence-corrected chi connectivity index (χ1v) is 3.40. The molecule has 2 nitrogen and oxygen atoms in total. The molecule has 0 heterocycles. The Bertz CT molecular complexity index is 290. The average Bonchev–Trinajstić information content (AvgIpc) is 2.04. The van der Waals surface area contributed by atoms with Crippen LogP contribution >= 0.6 is 0 Å². The fourth-order valence-corrected chi connectivity index (χ4v) is 1.03. The van der Waals surface area contributed by atoms with Crippen LogP contribution in [0.5, 0.6) is 0 Å². The third-order valence-electron chi connectivity index (χ3n) is 1.66. The molecular weight excluding hydrogens is 136 g/mol. The van der Waals surface area contributed by atoms with E-state index in [0.717, 1.165) is 16.7 Å². The molecule has 56 valence electrons. The Balaban J connectivity index is 3.35. The van der Waals surface area contributed by atoms with Crippen LogP contribution < -0.4 is 0 Å². The molecule has 2 N–H and O–H groups in total. The van der Waals surface area contributed by atoms with E-state index >= 15 is 0 Å². The monoisotopic (exact) mass is 146 g/mol. The minimum Gasteiger partial charge on any atom is -0.308 e. The van der Waals surface area contributed by atoms with Crippen molar-refractivity contribution in [2.45, 2.75) is 6.92 Å². The Morgan fingerprint density at radius 1 is 1.18 bits per heavy atom. The van der Waals surface area contributed by atoms with Gasteiger partial charge in [0.05, 0.1) is 0 Å². The average molecular weight is 146 g/mol. The summed E-state index contributed by atoms with van der Waals surface area (Å²) in [6, 6.07) is 5.66. The Morgan fingerprint density at radius 3 is 2.36 bits per heavy atom. The molecule has 0 aliphatic carbocycles. The zero-order chi connectivity index (χ0) is 8.27. The van der Waals surface area contributed by atoms with Gasteiger partial charge in [0.25, 0.3) is 0 Å². The maximum absolute atomic E-state index is 7.10. The van der Waals surface area contributed by atoms with E-state index in [2.05, 4.69) is 0 Å². The highest BCUT2D eigenvalue weighted by Crippen LogP contribution is 2.08. The second-order valence-electron chi connectivity index (χ2n) is 2.37. The minimum absolute atomic E-state index is 0.806. The molecule has 0 saturated carbocycles. The van der Waals surface area contributed by atoms with Gasteiger partial charge in [-0.3, -0.25) is 0 Å². The molecule has 0 aliphatic rings. The summed E-state index contributed by atoms with van der Waals surface area (Å²) < 4.78 is 0. The lowest BCUT2D eigenvalue weighted by Gasteiger charge is -2.01. The number of rotatable bonds is 2. The van der Waals surface area contributed by atoms with Gasteiger partial charge in [-0.25, -0.2) is 0 Å². The van der Waals surface area contributed by atoms with Gasteiger partial charge in [-0.05, 0) is 12.5 Å². The van der Waals surface area contributed by atoms with Gasteiger partial charge < -0.3 is 10.8 Å². The van der Waals surface area contributed by atoms with Crippen LogP contribution in [0.15, 0.2) is 18.2 Å². The van der Waals surface area contributed by atoms with E-state index in [-0.39, 0.29) is 0 Å². The molecule has 1 aromatic rings. The molecular formula is C9H10N2. The number of benzene rings is 1. The molecule has 0 atom stereocenters. The summed E-state index contributed by atoms with van der Waals surface area (Å²) >= 11 is 0. The molecule has 1 rings (SSSR count). The first-order chi connectivity index (χ1) is 5.29. The third-order valence-corrected chi connectivity index (χ3v) is 1.66. The first kappa shape index (κ1) is 7.66. The summed E-state index contributed by atoms with van der Waals surface area (Å²) in [5.41, 5.74) is 2.68. The van der Waals surface area contributed by atoms with E-state index in [0.29, 0.717) is 0 Å². The Labute approximate surface area is 65.9 Å². The van der Waals surface area contributed by atoms with Crippen molar-refractivity contribution in [3.63, 3.8) is 0 Å². The molecule has 0 aliphatic heterocycles. The van der Waals surface area contributed by atoms with Gasteiger partial charge in [-0.2, -0.15) is 0 Å². The lowest BCUT2D eigenvalue weighted by atomic mass is 10.0. The van der Waals surface area contributed by atoms with Crippen LogP contribution in [-0.2, 0) is 0 Å². The Kier molecular flexibility index (Phi) is 2.16. The predicted molar refractivity (Wildman–Crippen MR) is 47.0 cm³/mol. The van der Waals surface area contributed by atoms with Gasteiger partial charge in [-0.15, -0.1) is 0 Å². The summed E-state index contributed by atoms with van der Waals surface area (Å²) in [4.78, 5) is 0. The molecule has 0 fully saturated rings. The van der Waals surface area contributed by atoms with Crippen molar-refractivity contribution in [2.24, 2.45) is 0 Å². The van der Waals surface area contributed by atoms with E-state index in [9.17, 15) is 0 Å². The predicted octanol–water partition coefficient (Wildman–Crippen LogP) is 1.99. The summed E-state index contributed by atoms with van der Waals surface area (Å²) in [7, 11) is 0. The molecule has 0 spiro atoms. The van der Waals surface area contributed by atoms with Crippen LogP contribution in [0.3, 0.4) is 0 Å². The third kappa shape index (κ3) is 1.34. The molecule has 0 bridgehead atoms. The molecule has 0 radical (unpaired) electrons. The molecule has 0 unspecified atom stereocenters. The highest BCUT2D eigenvalue weighted by Gasteiger charge is 1.98. The van der Waals surface area contributed by atoms with Gasteiger partial charge in [-0.1, -0.05) is 18.2 Å². The number of hydrogen-bond acceptors (Lipinski definition) is 2. The van der Waals surface area contributed by atoms with E-state index in [1.54, 1.807) is 0 Å². The maximum atomic E-state index is 7.10. The molecule has 0 amide bonds. The maximum Gasteiger partial charge on any atom is 0.0259 e. The van der Waals surface area contributed by atoms with Crippen LogP contribution in [0, 0.1) is 17.7 Å². The number of nitrogens with one attached hydrogen (secondary N) is 2. The molecule has 11 heavy (non-hydrogen) atoms. The molecule has 1 aromatic carbocycles. The molecule has 2 heteroatoms. The smallest absolute Gasteiger partial charge is 0.0259 e. The van der Waals surface area contributed by atoms with Gasteiger partial charge in [0.2, 0.25) is 0 Å². The number of aryl methyl sites for hydroxylation is 1. The zero-order valence-electron chi connectivity index (χ0n) is 6.39. The van der Waals surface area contributed by atoms with Crippen LogP contribution in [0.25, 0.3) is 0 Å². The summed E-state index contributed by atoms with van der Waals surface area (Å²) in [6.45, 7) is 1.94. The van der Waals surface area contributed by atoms with Crippen LogP contribution in [0.2, 0.25) is 0 Å². The van der Waals surface area contributed by atoms with E-state index in [1.807, 2.05) is 25.1 Å². The second kappa shape index (κ2) is 3.10. The van der Waals surface area contributed by atoms with Gasteiger partial charge in [0.15, 0.2) is 0 Å². The van der Waals surface area contributed by atoms with Crippen molar-refractivity contribution in [3.05, 3.63) is 34.9 Å². The van der Waals surface area contributed by atoms with Crippen molar-refractivity contribution < 1.29 is 0 Å². The quantitative estimate of drug-likeness (QED) is 0.599. The van der Waals surface area contributed by atoms with Crippen molar-refractivity contribution in [3.8, 4) is 0 Å². The van der Waals surface area contributed by atoms with Crippen LogP contribution in [0.1, 0.15) is 16.7 Å². The number of hydrogen-bond donors (Lipinski definition) is 2. The van der Waals surface area contributed by atoms with Crippen molar-refractivity contribution in [1.82, 2.24) is 0 Å². The van der Waals surface area contributed by atoms with Crippen molar-refractivity contribution >= 4 is 12.4 Å². The fraction of sp³-hybridized carbons (Fsp3) is 0.111. The lowest BCUT2D eigenvalue weighted by molar-refractivity contribution is 1.41.